The minimum Gasteiger partial charge on any atom is -0.298 e. The van der Waals surface area contributed by atoms with E-state index in [9.17, 15) is 0 Å². The van der Waals surface area contributed by atoms with Crippen LogP contribution in [0.5, 0.6) is 0 Å². The molecule has 0 radical (unpaired) electrons. The molecule has 0 fully saturated rings. The predicted molar refractivity (Wildman–Crippen MR) is 64.6 cm³/mol. The highest BCUT2D eigenvalue weighted by Gasteiger charge is 2.41. The van der Waals surface area contributed by atoms with Crippen LogP contribution in [-0.4, -0.2) is 22.7 Å². The SMILES string of the molecule is CCCON1C(C)(C)C=C(C)CC1(C)C. The maximum atomic E-state index is 5.90. The van der Waals surface area contributed by atoms with Gasteiger partial charge in [0.25, 0.3) is 0 Å². The molecule has 0 aromatic rings. The maximum absolute atomic E-state index is 5.90. The Morgan fingerprint density at radius 3 is 2.40 bits per heavy atom. The van der Waals surface area contributed by atoms with E-state index in [2.05, 4.69) is 52.7 Å². The molecule has 0 spiro atoms. The lowest BCUT2D eigenvalue weighted by Crippen LogP contribution is -2.57. The van der Waals surface area contributed by atoms with Gasteiger partial charge < -0.3 is 0 Å². The van der Waals surface area contributed by atoms with Crippen molar-refractivity contribution in [1.29, 1.82) is 0 Å². The largest absolute Gasteiger partial charge is 0.298 e. The molecule has 2 heteroatoms. The molecule has 15 heavy (non-hydrogen) atoms. The van der Waals surface area contributed by atoms with Gasteiger partial charge in [-0.15, -0.1) is 0 Å². The van der Waals surface area contributed by atoms with Crippen LogP contribution in [0, 0.1) is 0 Å². The molecule has 0 saturated carbocycles. The molecule has 1 aliphatic heterocycles. The van der Waals surface area contributed by atoms with Gasteiger partial charge in [0.2, 0.25) is 0 Å². The lowest BCUT2D eigenvalue weighted by atomic mass is 9.83. The summed E-state index contributed by atoms with van der Waals surface area (Å²) in [7, 11) is 0. The number of hydroxylamine groups is 2. The van der Waals surface area contributed by atoms with Crippen molar-refractivity contribution in [2.24, 2.45) is 0 Å². The van der Waals surface area contributed by atoms with E-state index < -0.39 is 0 Å². The smallest absolute Gasteiger partial charge is 0.0683 e. The third-order valence-electron chi connectivity index (χ3n) is 2.81. The minimum atomic E-state index is 0.000995. The Bertz CT molecular complexity index is 253. The Morgan fingerprint density at radius 2 is 1.93 bits per heavy atom. The van der Waals surface area contributed by atoms with Gasteiger partial charge in [-0.1, -0.05) is 18.6 Å². The number of rotatable bonds is 3. The first-order valence-corrected chi connectivity index (χ1v) is 5.91. The molecule has 1 heterocycles. The van der Waals surface area contributed by atoms with E-state index in [1.807, 2.05) is 0 Å². The molecule has 1 rings (SSSR count). The van der Waals surface area contributed by atoms with Crippen molar-refractivity contribution < 1.29 is 4.84 Å². The van der Waals surface area contributed by atoms with Crippen LogP contribution < -0.4 is 0 Å². The van der Waals surface area contributed by atoms with E-state index in [1.54, 1.807) is 0 Å². The Balaban J connectivity index is 2.89. The van der Waals surface area contributed by atoms with E-state index in [0.29, 0.717) is 0 Å². The Morgan fingerprint density at radius 1 is 1.33 bits per heavy atom. The summed E-state index contributed by atoms with van der Waals surface area (Å²) in [6.45, 7) is 14.1. The second kappa shape index (κ2) is 4.26. The van der Waals surface area contributed by atoms with Crippen molar-refractivity contribution in [2.75, 3.05) is 6.61 Å². The van der Waals surface area contributed by atoms with Gasteiger partial charge in [-0.25, -0.2) is 0 Å². The molecule has 0 atom stereocenters. The van der Waals surface area contributed by atoms with Crippen molar-refractivity contribution in [1.82, 2.24) is 5.06 Å². The first kappa shape index (κ1) is 12.7. The second-order valence-electron chi connectivity index (χ2n) is 5.76. The van der Waals surface area contributed by atoms with Gasteiger partial charge in [0.05, 0.1) is 12.1 Å². The lowest BCUT2D eigenvalue weighted by Gasteiger charge is -2.49. The zero-order chi connectivity index (χ0) is 11.7. The number of hydrogen-bond donors (Lipinski definition) is 0. The summed E-state index contributed by atoms with van der Waals surface area (Å²) < 4.78 is 0. The fraction of sp³-hybridized carbons (Fsp3) is 0.846. The second-order valence-corrected chi connectivity index (χ2v) is 5.76. The maximum Gasteiger partial charge on any atom is 0.0683 e. The molecule has 88 valence electrons. The van der Waals surface area contributed by atoms with Crippen LogP contribution in [0.2, 0.25) is 0 Å². The van der Waals surface area contributed by atoms with Crippen LogP contribution in [0.3, 0.4) is 0 Å². The first-order valence-electron chi connectivity index (χ1n) is 5.91. The summed E-state index contributed by atoms with van der Waals surface area (Å²) >= 11 is 0. The zero-order valence-electron chi connectivity index (χ0n) is 11.1. The third kappa shape index (κ3) is 2.82. The van der Waals surface area contributed by atoms with Crippen molar-refractivity contribution in [2.45, 2.75) is 65.5 Å². The average molecular weight is 211 g/mol. The van der Waals surface area contributed by atoms with E-state index in [-0.39, 0.29) is 11.1 Å². The van der Waals surface area contributed by atoms with Crippen LogP contribution >= 0.6 is 0 Å². The molecule has 1 aliphatic rings. The molecular weight excluding hydrogens is 186 g/mol. The Hall–Kier alpha value is -0.340. The highest BCUT2D eigenvalue weighted by molar-refractivity contribution is 5.18. The highest BCUT2D eigenvalue weighted by Crippen LogP contribution is 2.37. The summed E-state index contributed by atoms with van der Waals surface area (Å²) in [6.07, 6.45) is 4.46. The molecule has 0 saturated heterocycles. The summed E-state index contributed by atoms with van der Waals surface area (Å²) in [6, 6.07) is 0. The predicted octanol–water partition coefficient (Wildman–Crippen LogP) is 3.54. The summed E-state index contributed by atoms with van der Waals surface area (Å²) in [5.41, 5.74) is 1.56. The Labute approximate surface area is 94.3 Å². The van der Waals surface area contributed by atoms with Crippen molar-refractivity contribution in [3.05, 3.63) is 11.6 Å². The summed E-state index contributed by atoms with van der Waals surface area (Å²) in [4.78, 5) is 5.90. The molecular formula is C13H25NO. The van der Waals surface area contributed by atoms with Gasteiger partial charge >= 0.3 is 0 Å². The van der Waals surface area contributed by atoms with Gasteiger partial charge in [-0.3, -0.25) is 4.84 Å². The van der Waals surface area contributed by atoms with Gasteiger partial charge in [-0.2, -0.15) is 5.06 Å². The van der Waals surface area contributed by atoms with Crippen LogP contribution in [0.15, 0.2) is 11.6 Å². The molecule has 0 N–H and O–H groups in total. The lowest BCUT2D eigenvalue weighted by molar-refractivity contribution is -0.257. The topological polar surface area (TPSA) is 12.5 Å². The van der Waals surface area contributed by atoms with Gasteiger partial charge in [0, 0.05) is 5.54 Å². The van der Waals surface area contributed by atoms with Gasteiger partial charge in [0.15, 0.2) is 0 Å². The molecule has 0 aliphatic carbocycles. The fourth-order valence-corrected chi connectivity index (χ4v) is 2.77. The van der Waals surface area contributed by atoms with E-state index in [1.165, 1.54) is 5.57 Å². The monoisotopic (exact) mass is 211 g/mol. The standard InChI is InChI=1S/C13H25NO/c1-7-8-15-14-12(3,4)9-11(2)10-13(14,5)6/h9H,7-8,10H2,1-6H3. The van der Waals surface area contributed by atoms with Crippen molar-refractivity contribution >= 4 is 0 Å². The van der Waals surface area contributed by atoms with Crippen molar-refractivity contribution in [3.63, 3.8) is 0 Å². The highest BCUT2D eigenvalue weighted by atomic mass is 16.7. The molecule has 0 aromatic heterocycles. The van der Waals surface area contributed by atoms with E-state index in [0.717, 1.165) is 19.4 Å². The number of hydrogen-bond acceptors (Lipinski definition) is 2. The van der Waals surface area contributed by atoms with Crippen LogP contribution in [0.25, 0.3) is 0 Å². The quantitative estimate of drug-likeness (QED) is 0.662. The molecule has 2 nitrogen and oxygen atoms in total. The molecule has 0 unspecified atom stereocenters. The molecule has 0 amide bonds. The van der Waals surface area contributed by atoms with E-state index in [4.69, 9.17) is 4.84 Å². The molecule has 0 aromatic carbocycles. The summed E-state index contributed by atoms with van der Waals surface area (Å²) in [5.74, 6) is 0. The number of nitrogens with zero attached hydrogens (tertiary/aromatic N) is 1. The average Bonchev–Trinajstić information content (AvgIpc) is 1.98. The van der Waals surface area contributed by atoms with Crippen LogP contribution in [0.1, 0.15) is 54.4 Å². The fourth-order valence-electron chi connectivity index (χ4n) is 2.77. The summed E-state index contributed by atoms with van der Waals surface area (Å²) in [5, 5.41) is 2.16. The van der Waals surface area contributed by atoms with Gasteiger partial charge in [0.1, 0.15) is 0 Å². The minimum absolute atomic E-state index is 0.000995. The van der Waals surface area contributed by atoms with Crippen LogP contribution in [0.4, 0.5) is 0 Å². The zero-order valence-corrected chi connectivity index (χ0v) is 11.1. The van der Waals surface area contributed by atoms with E-state index >= 15 is 0 Å². The molecule has 0 bridgehead atoms. The van der Waals surface area contributed by atoms with Gasteiger partial charge in [-0.05, 0) is 47.5 Å². The normalized spacial score (nSPS) is 25.1. The first-order chi connectivity index (χ1) is 6.79. The third-order valence-corrected chi connectivity index (χ3v) is 2.81. The Kier molecular flexibility index (Phi) is 3.62. The van der Waals surface area contributed by atoms with Crippen LogP contribution in [-0.2, 0) is 4.84 Å². The van der Waals surface area contributed by atoms with Crippen molar-refractivity contribution in [3.8, 4) is 0 Å².